The summed E-state index contributed by atoms with van der Waals surface area (Å²) in [6, 6.07) is -0.299. The topological polar surface area (TPSA) is 66.5 Å². The maximum Gasteiger partial charge on any atom is 0.0689 e. The molecule has 3 nitrogen and oxygen atoms in total. The molecule has 0 unspecified atom stereocenters. The maximum atomic E-state index is 9.45. The zero-order valence-electron chi connectivity index (χ0n) is 8.20. The van der Waals surface area contributed by atoms with E-state index in [4.69, 9.17) is 5.73 Å². The van der Waals surface area contributed by atoms with Crippen LogP contribution in [0.15, 0.2) is 0 Å². The first-order valence-corrected chi connectivity index (χ1v) is 4.60. The molecule has 0 aliphatic rings. The van der Waals surface area contributed by atoms with Gasteiger partial charge in [0, 0.05) is 6.04 Å². The highest BCUT2D eigenvalue weighted by molar-refractivity contribution is 4.75. The Bertz CT molecular complexity index is 117. The van der Waals surface area contributed by atoms with Gasteiger partial charge < -0.3 is 15.9 Å². The molecule has 0 fully saturated rings. The molecule has 0 amide bonds. The third-order valence-corrected chi connectivity index (χ3v) is 2.20. The Balaban J connectivity index is 3.75. The van der Waals surface area contributed by atoms with Gasteiger partial charge in [-0.3, -0.25) is 0 Å². The molecule has 74 valence electrons. The van der Waals surface area contributed by atoms with E-state index in [1.54, 1.807) is 0 Å². The predicted octanol–water partition coefficient (Wildman–Crippen LogP) is 0.492. The first-order valence-electron chi connectivity index (χ1n) is 4.60. The molecule has 3 atom stereocenters. The van der Waals surface area contributed by atoms with Crippen LogP contribution in [0.1, 0.15) is 33.6 Å². The molecule has 0 rings (SSSR count). The number of rotatable bonds is 5. The van der Waals surface area contributed by atoms with Crippen LogP contribution in [0.25, 0.3) is 0 Å². The molecular formula is C9H21NO2. The molecule has 3 heteroatoms. The molecule has 0 saturated carbocycles. The van der Waals surface area contributed by atoms with Gasteiger partial charge in [0.15, 0.2) is 0 Å². The van der Waals surface area contributed by atoms with Gasteiger partial charge in [-0.05, 0) is 18.8 Å². The lowest BCUT2D eigenvalue weighted by atomic mass is 9.96. The van der Waals surface area contributed by atoms with E-state index < -0.39 is 12.2 Å². The summed E-state index contributed by atoms with van der Waals surface area (Å²) in [5.41, 5.74) is 5.66. The minimum Gasteiger partial charge on any atom is -0.393 e. The van der Waals surface area contributed by atoms with Crippen molar-refractivity contribution in [3.63, 3.8) is 0 Å². The van der Waals surface area contributed by atoms with Gasteiger partial charge in [-0.25, -0.2) is 0 Å². The molecule has 0 bridgehead atoms. The monoisotopic (exact) mass is 175 g/mol. The summed E-state index contributed by atoms with van der Waals surface area (Å²) in [7, 11) is 0. The summed E-state index contributed by atoms with van der Waals surface area (Å²) in [4.78, 5) is 0. The fourth-order valence-corrected chi connectivity index (χ4v) is 1.01. The minimum atomic E-state index is -0.488. The number of hydrogen-bond acceptors (Lipinski definition) is 3. The van der Waals surface area contributed by atoms with Crippen LogP contribution >= 0.6 is 0 Å². The Morgan fingerprint density at radius 3 is 2.00 bits per heavy atom. The van der Waals surface area contributed by atoms with Crippen LogP contribution in [0.4, 0.5) is 0 Å². The third kappa shape index (κ3) is 4.04. The number of aliphatic hydroxyl groups is 2. The van der Waals surface area contributed by atoms with E-state index in [1.165, 1.54) is 0 Å². The van der Waals surface area contributed by atoms with Crippen LogP contribution < -0.4 is 5.73 Å². The van der Waals surface area contributed by atoms with Crippen molar-refractivity contribution in [3.8, 4) is 0 Å². The van der Waals surface area contributed by atoms with Crippen molar-refractivity contribution < 1.29 is 10.2 Å². The minimum absolute atomic E-state index is 0.208. The van der Waals surface area contributed by atoms with Gasteiger partial charge in [0.1, 0.15) is 0 Å². The Morgan fingerprint density at radius 1 is 1.17 bits per heavy atom. The first-order chi connectivity index (χ1) is 5.49. The molecular weight excluding hydrogens is 154 g/mol. The zero-order chi connectivity index (χ0) is 9.72. The third-order valence-electron chi connectivity index (χ3n) is 2.20. The molecule has 4 N–H and O–H groups in total. The second-order valence-corrected chi connectivity index (χ2v) is 3.69. The molecule has 0 aromatic carbocycles. The number of nitrogens with two attached hydrogens (primary N) is 1. The Morgan fingerprint density at radius 2 is 1.67 bits per heavy atom. The number of aliphatic hydroxyl groups excluding tert-OH is 2. The molecule has 0 saturated heterocycles. The second-order valence-electron chi connectivity index (χ2n) is 3.69. The molecule has 0 aromatic rings. The van der Waals surface area contributed by atoms with Crippen molar-refractivity contribution in [2.45, 2.75) is 51.9 Å². The van der Waals surface area contributed by atoms with Gasteiger partial charge in [-0.15, -0.1) is 0 Å². The van der Waals surface area contributed by atoms with E-state index in [-0.39, 0.29) is 12.0 Å². The van der Waals surface area contributed by atoms with E-state index in [0.717, 1.165) is 0 Å². The van der Waals surface area contributed by atoms with Gasteiger partial charge in [0.2, 0.25) is 0 Å². The summed E-state index contributed by atoms with van der Waals surface area (Å²) in [5, 5.41) is 18.8. The Labute approximate surface area is 74.6 Å². The van der Waals surface area contributed by atoms with Gasteiger partial charge in [0.25, 0.3) is 0 Å². The summed E-state index contributed by atoms with van der Waals surface area (Å²) in [5.74, 6) is 0.208. The lowest BCUT2D eigenvalue weighted by Crippen LogP contribution is -2.38. The maximum absolute atomic E-state index is 9.45. The summed E-state index contributed by atoms with van der Waals surface area (Å²) >= 11 is 0. The standard InChI is InChI=1S/C9H21NO2/c1-4-8(11)7(10)5-9(12)6(2)3/h6-9,11-12H,4-5,10H2,1-3H3/t7-,8+,9+/m0/s1. The number of hydrogen-bond donors (Lipinski definition) is 3. The molecule has 0 heterocycles. The smallest absolute Gasteiger partial charge is 0.0689 e. The fourth-order valence-electron chi connectivity index (χ4n) is 1.01. The van der Waals surface area contributed by atoms with E-state index >= 15 is 0 Å². The van der Waals surface area contributed by atoms with Crippen LogP contribution in [-0.4, -0.2) is 28.5 Å². The van der Waals surface area contributed by atoms with E-state index in [1.807, 2.05) is 20.8 Å². The average molecular weight is 175 g/mol. The van der Waals surface area contributed by atoms with Crippen molar-refractivity contribution in [1.82, 2.24) is 0 Å². The van der Waals surface area contributed by atoms with E-state index in [0.29, 0.717) is 12.8 Å². The fraction of sp³-hybridized carbons (Fsp3) is 1.00. The predicted molar refractivity (Wildman–Crippen MR) is 49.7 cm³/mol. The highest BCUT2D eigenvalue weighted by Crippen LogP contribution is 2.10. The Kier molecular flexibility index (Phi) is 5.46. The SMILES string of the molecule is CC[C@@H](O)[C@@H](N)C[C@@H](O)C(C)C. The van der Waals surface area contributed by atoms with Crippen LogP contribution in [0, 0.1) is 5.92 Å². The van der Waals surface area contributed by atoms with E-state index in [2.05, 4.69) is 0 Å². The zero-order valence-corrected chi connectivity index (χ0v) is 8.20. The highest BCUT2D eigenvalue weighted by atomic mass is 16.3. The van der Waals surface area contributed by atoms with Crippen LogP contribution in [0.5, 0.6) is 0 Å². The van der Waals surface area contributed by atoms with Crippen molar-refractivity contribution in [2.24, 2.45) is 11.7 Å². The normalized spacial score (nSPS) is 19.2. The molecule has 0 aromatic heterocycles. The Hall–Kier alpha value is -0.120. The van der Waals surface area contributed by atoms with Crippen molar-refractivity contribution in [3.05, 3.63) is 0 Å². The highest BCUT2D eigenvalue weighted by Gasteiger charge is 2.18. The molecule has 0 aliphatic carbocycles. The molecule has 0 radical (unpaired) electrons. The summed E-state index contributed by atoms with van der Waals surface area (Å²) in [6.07, 6.45) is 0.234. The van der Waals surface area contributed by atoms with Gasteiger partial charge in [-0.2, -0.15) is 0 Å². The van der Waals surface area contributed by atoms with E-state index in [9.17, 15) is 10.2 Å². The second kappa shape index (κ2) is 5.51. The van der Waals surface area contributed by atoms with Gasteiger partial charge in [0.05, 0.1) is 12.2 Å². The summed E-state index contributed by atoms with van der Waals surface area (Å²) in [6.45, 7) is 5.76. The molecule has 0 aliphatic heterocycles. The largest absolute Gasteiger partial charge is 0.393 e. The average Bonchev–Trinajstić information content (AvgIpc) is 2.02. The van der Waals surface area contributed by atoms with Gasteiger partial charge in [-0.1, -0.05) is 20.8 Å². The van der Waals surface area contributed by atoms with Gasteiger partial charge >= 0.3 is 0 Å². The lowest BCUT2D eigenvalue weighted by Gasteiger charge is -2.22. The van der Waals surface area contributed by atoms with Crippen LogP contribution in [0.2, 0.25) is 0 Å². The van der Waals surface area contributed by atoms with Crippen molar-refractivity contribution in [2.75, 3.05) is 0 Å². The quantitative estimate of drug-likeness (QED) is 0.570. The van der Waals surface area contributed by atoms with Crippen molar-refractivity contribution >= 4 is 0 Å². The molecule has 0 spiro atoms. The summed E-state index contributed by atoms with van der Waals surface area (Å²) < 4.78 is 0. The first kappa shape index (κ1) is 11.9. The van der Waals surface area contributed by atoms with Crippen molar-refractivity contribution in [1.29, 1.82) is 0 Å². The van der Waals surface area contributed by atoms with Crippen LogP contribution in [0.3, 0.4) is 0 Å². The lowest BCUT2D eigenvalue weighted by molar-refractivity contribution is 0.0698. The molecule has 12 heavy (non-hydrogen) atoms. The van der Waals surface area contributed by atoms with Crippen LogP contribution in [-0.2, 0) is 0 Å².